The number of nitrogens with one attached hydrogen (secondary N) is 1. The molecule has 146 valence electrons. The smallest absolute Gasteiger partial charge is 0.253 e. The van der Waals surface area contributed by atoms with E-state index in [1.807, 2.05) is 30.3 Å². The van der Waals surface area contributed by atoms with Gasteiger partial charge in [-0.3, -0.25) is 9.59 Å². The maximum atomic E-state index is 12.1. The Kier molecular flexibility index (Phi) is 6.43. The SMILES string of the molecule is CN(C)C(=O)c1ccc(/C=C/C(=O)Nc2ccc(Oc3ccccc3)cc2)cc1. The molecule has 3 aromatic rings. The number of amides is 2. The maximum Gasteiger partial charge on any atom is 0.253 e. The first-order chi connectivity index (χ1) is 14.0. The topological polar surface area (TPSA) is 58.6 Å². The van der Waals surface area contributed by atoms with E-state index >= 15 is 0 Å². The average molecular weight is 386 g/mol. The van der Waals surface area contributed by atoms with Crippen molar-refractivity contribution in [3.63, 3.8) is 0 Å². The van der Waals surface area contributed by atoms with Crippen LogP contribution in [0, 0.1) is 0 Å². The van der Waals surface area contributed by atoms with Crippen molar-refractivity contribution in [2.45, 2.75) is 0 Å². The van der Waals surface area contributed by atoms with Crippen molar-refractivity contribution in [2.75, 3.05) is 19.4 Å². The Hall–Kier alpha value is -3.86. The molecule has 3 aromatic carbocycles. The van der Waals surface area contributed by atoms with Gasteiger partial charge in [-0.2, -0.15) is 0 Å². The van der Waals surface area contributed by atoms with Gasteiger partial charge in [0.1, 0.15) is 11.5 Å². The molecule has 0 aliphatic carbocycles. The molecular weight excluding hydrogens is 364 g/mol. The van der Waals surface area contributed by atoms with Crippen molar-refractivity contribution in [1.82, 2.24) is 4.90 Å². The molecule has 5 heteroatoms. The van der Waals surface area contributed by atoms with Crippen molar-refractivity contribution in [3.8, 4) is 11.5 Å². The second kappa shape index (κ2) is 9.37. The van der Waals surface area contributed by atoms with Crippen LogP contribution in [-0.4, -0.2) is 30.8 Å². The summed E-state index contributed by atoms with van der Waals surface area (Å²) in [6.07, 6.45) is 3.16. The molecule has 29 heavy (non-hydrogen) atoms. The van der Waals surface area contributed by atoms with Crippen LogP contribution in [0.4, 0.5) is 5.69 Å². The van der Waals surface area contributed by atoms with Crippen LogP contribution < -0.4 is 10.1 Å². The quantitative estimate of drug-likeness (QED) is 0.617. The molecule has 2 amide bonds. The van der Waals surface area contributed by atoms with Crippen LogP contribution in [0.25, 0.3) is 6.08 Å². The van der Waals surface area contributed by atoms with Gasteiger partial charge in [-0.1, -0.05) is 30.3 Å². The van der Waals surface area contributed by atoms with E-state index in [0.717, 1.165) is 11.3 Å². The highest BCUT2D eigenvalue weighted by Gasteiger charge is 2.06. The van der Waals surface area contributed by atoms with E-state index in [4.69, 9.17) is 4.74 Å². The van der Waals surface area contributed by atoms with E-state index in [-0.39, 0.29) is 11.8 Å². The van der Waals surface area contributed by atoms with Crippen LogP contribution in [0.5, 0.6) is 11.5 Å². The van der Waals surface area contributed by atoms with Crippen LogP contribution in [0.2, 0.25) is 0 Å². The molecule has 0 saturated heterocycles. The Morgan fingerprint density at radius 1 is 0.828 bits per heavy atom. The Bertz CT molecular complexity index is 993. The largest absolute Gasteiger partial charge is 0.457 e. The van der Waals surface area contributed by atoms with Gasteiger partial charge in [-0.15, -0.1) is 0 Å². The number of benzene rings is 3. The first kappa shape index (κ1) is 19.9. The first-order valence-electron chi connectivity index (χ1n) is 9.15. The molecule has 0 aromatic heterocycles. The molecule has 0 radical (unpaired) electrons. The lowest BCUT2D eigenvalue weighted by molar-refractivity contribution is -0.111. The summed E-state index contributed by atoms with van der Waals surface area (Å²) in [4.78, 5) is 25.5. The van der Waals surface area contributed by atoms with Crippen LogP contribution in [0.15, 0.2) is 84.9 Å². The number of para-hydroxylation sites is 1. The zero-order chi connectivity index (χ0) is 20.6. The summed E-state index contributed by atoms with van der Waals surface area (Å²) >= 11 is 0. The van der Waals surface area contributed by atoms with Crippen LogP contribution in [-0.2, 0) is 4.79 Å². The summed E-state index contributed by atoms with van der Waals surface area (Å²) in [6, 6.07) is 23.7. The Labute approximate surface area is 170 Å². The number of ether oxygens (including phenoxy) is 1. The fourth-order valence-electron chi connectivity index (χ4n) is 2.58. The van der Waals surface area contributed by atoms with Crippen LogP contribution >= 0.6 is 0 Å². The van der Waals surface area contributed by atoms with Crippen molar-refractivity contribution in [3.05, 3.63) is 96.1 Å². The monoisotopic (exact) mass is 386 g/mol. The molecule has 0 saturated carbocycles. The highest BCUT2D eigenvalue weighted by Crippen LogP contribution is 2.22. The van der Waals surface area contributed by atoms with Crippen molar-refractivity contribution in [2.24, 2.45) is 0 Å². The van der Waals surface area contributed by atoms with Gasteiger partial charge in [-0.25, -0.2) is 0 Å². The number of hydrogen-bond donors (Lipinski definition) is 1. The second-order valence-electron chi connectivity index (χ2n) is 6.58. The lowest BCUT2D eigenvalue weighted by Gasteiger charge is -2.09. The fraction of sp³-hybridized carbons (Fsp3) is 0.0833. The molecular formula is C24H22N2O3. The third-order valence-corrected chi connectivity index (χ3v) is 4.09. The van der Waals surface area contributed by atoms with Gasteiger partial charge < -0.3 is 15.0 Å². The number of nitrogens with zero attached hydrogens (tertiary/aromatic N) is 1. The molecule has 0 heterocycles. The number of hydrogen-bond acceptors (Lipinski definition) is 3. The molecule has 5 nitrogen and oxygen atoms in total. The fourth-order valence-corrected chi connectivity index (χ4v) is 2.58. The van der Waals surface area contributed by atoms with Crippen LogP contribution in [0.1, 0.15) is 15.9 Å². The maximum absolute atomic E-state index is 12.1. The predicted octanol–water partition coefficient (Wildman–Crippen LogP) is 4.83. The molecule has 0 unspecified atom stereocenters. The van der Waals surface area contributed by atoms with Crippen molar-refractivity contribution >= 4 is 23.6 Å². The second-order valence-corrected chi connectivity index (χ2v) is 6.58. The van der Waals surface area contributed by atoms with Crippen LogP contribution in [0.3, 0.4) is 0 Å². The van der Waals surface area contributed by atoms with Gasteiger partial charge in [-0.05, 0) is 60.2 Å². The van der Waals surface area contributed by atoms with E-state index in [0.29, 0.717) is 17.0 Å². The molecule has 0 atom stereocenters. The predicted molar refractivity (Wildman–Crippen MR) is 115 cm³/mol. The zero-order valence-corrected chi connectivity index (χ0v) is 16.3. The number of rotatable bonds is 6. The molecule has 3 rings (SSSR count). The van der Waals surface area contributed by atoms with Gasteiger partial charge in [0.15, 0.2) is 0 Å². The van der Waals surface area contributed by atoms with Crippen molar-refractivity contribution < 1.29 is 14.3 Å². The third kappa shape index (κ3) is 5.81. The summed E-state index contributed by atoms with van der Waals surface area (Å²) in [5.41, 5.74) is 2.11. The Balaban J connectivity index is 1.55. The van der Waals surface area contributed by atoms with E-state index < -0.39 is 0 Å². The standard InChI is InChI=1S/C24H22N2O3/c1-26(2)24(28)19-11-8-18(9-12-19)10-17-23(27)25-20-13-15-22(16-14-20)29-21-6-4-3-5-7-21/h3-17H,1-2H3,(H,25,27)/b17-10+. The number of anilines is 1. The highest BCUT2D eigenvalue weighted by atomic mass is 16.5. The van der Waals surface area contributed by atoms with Gasteiger partial charge in [0.2, 0.25) is 5.91 Å². The molecule has 0 aliphatic heterocycles. The van der Waals surface area contributed by atoms with E-state index in [2.05, 4.69) is 5.32 Å². The summed E-state index contributed by atoms with van der Waals surface area (Å²) in [5.74, 6) is 1.15. The molecule has 0 spiro atoms. The third-order valence-electron chi connectivity index (χ3n) is 4.09. The van der Waals surface area contributed by atoms with Gasteiger partial charge in [0, 0.05) is 31.4 Å². The summed E-state index contributed by atoms with van der Waals surface area (Å²) in [7, 11) is 3.42. The normalized spacial score (nSPS) is 10.6. The number of carbonyl (C=O) groups is 2. The number of carbonyl (C=O) groups excluding carboxylic acids is 2. The Morgan fingerprint density at radius 3 is 2.07 bits per heavy atom. The summed E-state index contributed by atoms with van der Waals surface area (Å²) < 4.78 is 5.73. The molecule has 1 N–H and O–H groups in total. The lowest BCUT2D eigenvalue weighted by atomic mass is 10.1. The van der Waals surface area contributed by atoms with Gasteiger partial charge >= 0.3 is 0 Å². The minimum absolute atomic E-state index is 0.0574. The van der Waals surface area contributed by atoms with E-state index in [9.17, 15) is 9.59 Å². The minimum atomic E-state index is -0.241. The van der Waals surface area contributed by atoms with E-state index in [1.165, 1.54) is 11.0 Å². The molecule has 0 aliphatic rings. The minimum Gasteiger partial charge on any atom is -0.457 e. The lowest BCUT2D eigenvalue weighted by Crippen LogP contribution is -2.21. The van der Waals surface area contributed by atoms with E-state index in [1.54, 1.807) is 68.7 Å². The molecule has 0 fully saturated rings. The Morgan fingerprint density at radius 2 is 1.45 bits per heavy atom. The summed E-state index contributed by atoms with van der Waals surface area (Å²) in [5, 5.41) is 2.81. The van der Waals surface area contributed by atoms with Gasteiger partial charge in [0.25, 0.3) is 5.91 Å². The molecule has 0 bridgehead atoms. The summed E-state index contributed by atoms with van der Waals surface area (Å²) in [6.45, 7) is 0. The van der Waals surface area contributed by atoms with Crippen molar-refractivity contribution in [1.29, 1.82) is 0 Å². The zero-order valence-electron chi connectivity index (χ0n) is 16.3. The van der Waals surface area contributed by atoms with Gasteiger partial charge in [0.05, 0.1) is 0 Å². The average Bonchev–Trinajstić information content (AvgIpc) is 2.74. The highest BCUT2D eigenvalue weighted by molar-refractivity contribution is 6.02. The first-order valence-corrected chi connectivity index (χ1v) is 9.15.